The van der Waals surface area contributed by atoms with Crippen LogP contribution in [0.15, 0.2) is 24.3 Å². The van der Waals surface area contributed by atoms with Crippen molar-refractivity contribution in [3.8, 4) is 0 Å². The quantitative estimate of drug-likeness (QED) is 0.850. The molecule has 1 aromatic rings. The van der Waals surface area contributed by atoms with E-state index in [4.69, 9.17) is 0 Å². The summed E-state index contributed by atoms with van der Waals surface area (Å²) in [6, 6.07) is 7.86. The van der Waals surface area contributed by atoms with Crippen molar-refractivity contribution in [2.45, 2.75) is 18.6 Å². The number of rotatable bonds is 3. The molecule has 1 heterocycles. The van der Waals surface area contributed by atoms with Gasteiger partial charge in [0, 0.05) is 12.6 Å². The van der Waals surface area contributed by atoms with Crippen molar-refractivity contribution in [2.75, 3.05) is 19.6 Å². The Bertz CT molecular complexity index is 376. The highest BCUT2D eigenvalue weighted by Crippen LogP contribution is 2.22. The first kappa shape index (κ1) is 12.4. The summed E-state index contributed by atoms with van der Waals surface area (Å²) >= 11 is 0. The smallest absolute Gasteiger partial charge is 0.309 e. The molecule has 0 spiro atoms. The topological polar surface area (TPSA) is 24.1 Å². The zero-order valence-electron chi connectivity index (χ0n) is 9.35. The fourth-order valence-electron chi connectivity index (χ4n) is 2.13. The van der Waals surface area contributed by atoms with Crippen LogP contribution < -0.4 is 10.6 Å². The second kappa shape index (κ2) is 5.06. The standard InChI is InChI=1S/C12H15F3N2/c13-12(14,15)8-16-7-11-10-4-2-1-3-9(10)5-6-17-11/h1-4,11,16-17H,5-8H2. The lowest BCUT2D eigenvalue weighted by molar-refractivity contribution is -0.124. The average molecular weight is 244 g/mol. The lowest BCUT2D eigenvalue weighted by Gasteiger charge is -2.27. The van der Waals surface area contributed by atoms with Gasteiger partial charge in [-0.2, -0.15) is 13.2 Å². The summed E-state index contributed by atoms with van der Waals surface area (Å²) in [5.74, 6) is 0. The van der Waals surface area contributed by atoms with Crippen molar-refractivity contribution in [1.82, 2.24) is 10.6 Å². The molecule has 1 atom stereocenters. The van der Waals surface area contributed by atoms with Gasteiger partial charge in [0.1, 0.15) is 0 Å². The van der Waals surface area contributed by atoms with Crippen LogP contribution in [0.4, 0.5) is 13.2 Å². The van der Waals surface area contributed by atoms with E-state index in [1.54, 1.807) is 0 Å². The molecule has 2 N–H and O–H groups in total. The monoisotopic (exact) mass is 244 g/mol. The molecule has 1 aliphatic heterocycles. The van der Waals surface area contributed by atoms with E-state index in [2.05, 4.69) is 10.6 Å². The van der Waals surface area contributed by atoms with Crippen LogP contribution in [-0.2, 0) is 6.42 Å². The molecule has 0 saturated heterocycles. The number of hydrogen-bond acceptors (Lipinski definition) is 2. The van der Waals surface area contributed by atoms with Gasteiger partial charge in [0.05, 0.1) is 6.54 Å². The summed E-state index contributed by atoms with van der Waals surface area (Å²) < 4.78 is 36.1. The molecule has 2 rings (SSSR count). The molecule has 0 saturated carbocycles. The van der Waals surface area contributed by atoms with E-state index < -0.39 is 12.7 Å². The van der Waals surface area contributed by atoms with E-state index in [1.807, 2.05) is 24.3 Å². The highest BCUT2D eigenvalue weighted by atomic mass is 19.4. The largest absolute Gasteiger partial charge is 0.401 e. The molecule has 1 aromatic carbocycles. The van der Waals surface area contributed by atoms with Gasteiger partial charge in [-0.1, -0.05) is 24.3 Å². The fourth-order valence-corrected chi connectivity index (χ4v) is 2.13. The summed E-state index contributed by atoms with van der Waals surface area (Å²) in [5.41, 5.74) is 2.33. The molecule has 17 heavy (non-hydrogen) atoms. The first-order chi connectivity index (χ1) is 8.06. The van der Waals surface area contributed by atoms with E-state index in [9.17, 15) is 13.2 Å². The van der Waals surface area contributed by atoms with Crippen LogP contribution >= 0.6 is 0 Å². The van der Waals surface area contributed by atoms with Crippen LogP contribution in [0.5, 0.6) is 0 Å². The molecular weight excluding hydrogens is 229 g/mol. The number of nitrogens with one attached hydrogen (secondary N) is 2. The van der Waals surface area contributed by atoms with Crippen molar-refractivity contribution >= 4 is 0 Å². The van der Waals surface area contributed by atoms with Gasteiger partial charge in [0.2, 0.25) is 0 Å². The zero-order chi connectivity index (χ0) is 12.3. The van der Waals surface area contributed by atoms with Gasteiger partial charge in [-0.3, -0.25) is 0 Å². The molecule has 0 bridgehead atoms. The summed E-state index contributed by atoms with van der Waals surface area (Å²) in [4.78, 5) is 0. The number of halogens is 3. The van der Waals surface area contributed by atoms with E-state index in [0.717, 1.165) is 18.5 Å². The van der Waals surface area contributed by atoms with Crippen LogP contribution in [0.25, 0.3) is 0 Å². The van der Waals surface area contributed by atoms with E-state index in [1.165, 1.54) is 5.56 Å². The van der Waals surface area contributed by atoms with E-state index in [0.29, 0.717) is 6.54 Å². The first-order valence-corrected chi connectivity index (χ1v) is 5.65. The Balaban J connectivity index is 1.95. The Morgan fingerprint density at radius 2 is 2.06 bits per heavy atom. The third-order valence-corrected chi connectivity index (χ3v) is 2.89. The van der Waals surface area contributed by atoms with Gasteiger partial charge in [-0.05, 0) is 24.1 Å². The summed E-state index contributed by atoms with van der Waals surface area (Å²) in [5, 5.41) is 5.68. The van der Waals surface area contributed by atoms with E-state index in [-0.39, 0.29) is 6.04 Å². The van der Waals surface area contributed by atoms with Crippen LogP contribution in [0.3, 0.4) is 0 Å². The van der Waals surface area contributed by atoms with Gasteiger partial charge in [0.25, 0.3) is 0 Å². The van der Waals surface area contributed by atoms with Gasteiger partial charge in [-0.15, -0.1) is 0 Å². The Morgan fingerprint density at radius 1 is 1.29 bits per heavy atom. The SMILES string of the molecule is FC(F)(F)CNCC1NCCc2ccccc21. The zero-order valence-corrected chi connectivity index (χ0v) is 9.35. The molecule has 0 aliphatic carbocycles. The van der Waals surface area contributed by atoms with Gasteiger partial charge < -0.3 is 10.6 Å². The Labute approximate surface area is 98.2 Å². The Morgan fingerprint density at radius 3 is 2.82 bits per heavy atom. The number of benzene rings is 1. The third kappa shape index (κ3) is 3.44. The van der Waals surface area contributed by atoms with Crippen LogP contribution in [0.2, 0.25) is 0 Å². The van der Waals surface area contributed by atoms with E-state index >= 15 is 0 Å². The molecule has 1 unspecified atom stereocenters. The third-order valence-electron chi connectivity index (χ3n) is 2.89. The maximum atomic E-state index is 12.0. The van der Waals surface area contributed by atoms with Crippen LogP contribution in [0, 0.1) is 0 Å². The number of fused-ring (bicyclic) bond motifs is 1. The van der Waals surface area contributed by atoms with Crippen molar-refractivity contribution < 1.29 is 13.2 Å². The second-order valence-electron chi connectivity index (χ2n) is 4.20. The van der Waals surface area contributed by atoms with Crippen molar-refractivity contribution in [3.05, 3.63) is 35.4 Å². The Kier molecular flexibility index (Phi) is 3.69. The van der Waals surface area contributed by atoms with Crippen molar-refractivity contribution in [1.29, 1.82) is 0 Å². The fraction of sp³-hybridized carbons (Fsp3) is 0.500. The molecule has 0 radical (unpaired) electrons. The predicted molar refractivity (Wildman–Crippen MR) is 59.8 cm³/mol. The normalized spacial score (nSPS) is 20.1. The lowest BCUT2D eigenvalue weighted by atomic mass is 9.94. The average Bonchev–Trinajstić information content (AvgIpc) is 2.28. The van der Waals surface area contributed by atoms with Gasteiger partial charge in [0.15, 0.2) is 0 Å². The minimum Gasteiger partial charge on any atom is -0.309 e. The maximum absolute atomic E-state index is 12.0. The molecule has 94 valence electrons. The Hall–Kier alpha value is -1.07. The van der Waals surface area contributed by atoms with Crippen LogP contribution in [-0.4, -0.2) is 25.8 Å². The second-order valence-corrected chi connectivity index (χ2v) is 4.20. The predicted octanol–water partition coefficient (Wildman–Crippen LogP) is 2.03. The minimum absolute atomic E-state index is 0.0256. The summed E-state index contributed by atoms with van der Waals surface area (Å²) in [7, 11) is 0. The maximum Gasteiger partial charge on any atom is 0.401 e. The minimum atomic E-state index is -4.14. The molecule has 0 aromatic heterocycles. The molecule has 2 nitrogen and oxygen atoms in total. The number of hydrogen-bond donors (Lipinski definition) is 2. The highest BCUT2D eigenvalue weighted by molar-refractivity contribution is 5.32. The molecule has 5 heteroatoms. The first-order valence-electron chi connectivity index (χ1n) is 5.65. The van der Waals surface area contributed by atoms with Crippen LogP contribution in [0.1, 0.15) is 17.2 Å². The van der Waals surface area contributed by atoms with Crippen molar-refractivity contribution in [2.24, 2.45) is 0 Å². The highest BCUT2D eigenvalue weighted by Gasteiger charge is 2.27. The molecule has 1 aliphatic rings. The van der Waals surface area contributed by atoms with Gasteiger partial charge >= 0.3 is 6.18 Å². The van der Waals surface area contributed by atoms with Gasteiger partial charge in [-0.25, -0.2) is 0 Å². The summed E-state index contributed by atoms with van der Waals surface area (Å²) in [6.45, 7) is 0.180. The molecule has 0 amide bonds. The van der Waals surface area contributed by atoms with Crippen molar-refractivity contribution in [3.63, 3.8) is 0 Å². The number of alkyl halides is 3. The lowest BCUT2D eigenvalue weighted by Crippen LogP contribution is -2.39. The molecule has 0 fully saturated rings. The molecular formula is C12H15F3N2. The summed E-state index contributed by atoms with van der Waals surface area (Å²) in [6.07, 6.45) is -3.21.